The minimum Gasteiger partial charge on any atom is -0.490 e. The molecule has 3 rings (SSSR count). The largest absolute Gasteiger partial charge is 0.490 e. The van der Waals surface area contributed by atoms with E-state index < -0.39 is 0 Å². The first-order valence-corrected chi connectivity index (χ1v) is 10.5. The van der Waals surface area contributed by atoms with Crippen LogP contribution in [-0.4, -0.2) is 34.9 Å². The molecule has 0 radical (unpaired) electrons. The molecule has 1 amide bonds. The number of carbonyl (C=O) groups is 1. The van der Waals surface area contributed by atoms with Crippen LogP contribution in [0.1, 0.15) is 16.7 Å². The second kappa shape index (κ2) is 9.76. The van der Waals surface area contributed by atoms with Gasteiger partial charge in [0.25, 0.3) is 5.91 Å². The highest BCUT2D eigenvalue weighted by atomic mass is 32.2. The highest BCUT2D eigenvalue weighted by Crippen LogP contribution is 2.34. The Labute approximate surface area is 181 Å². The van der Waals surface area contributed by atoms with Crippen LogP contribution in [0.4, 0.5) is 0 Å². The van der Waals surface area contributed by atoms with E-state index in [1.54, 1.807) is 11.0 Å². The summed E-state index contributed by atoms with van der Waals surface area (Å²) >= 11 is 6.59. The van der Waals surface area contributed by atoms with E-state index in [-0.39, 0.29) is 5.91 Å². The number of carbonyl (C=O) groups excluding carboxylic acids is 1. The Morgan fingerprint density at radius 3 is 2.59 bits per heavy atom. The number of para-hydroxylation sites is 1. The monoisotopic (exact) mass is 425 g/mol. The van der Waals surface area contributed by atoms with Crippen molar-refractivity contribution in [3.8, 4) is 11.5 Å². The zero-order valence-corrected chi connectivity index (χ0v) is 18.1. The van der Waals surface area contributed by atoms with Crippen molar-refractivity contribution < 1.29 is 14.3 Å². The van der Waals surface area contributed by atoms with Gasteiger partial charge in [-0.15, -0.1) is 6.58 Å². The fourth-order valence-electron chi connectivity index (χ4n) is 2.83. The maximum Gasteiger partial charge on any atom is 0.266 e. The van der Waals surface area contributed by atoms with Crippen LogP contribution in [0.5, 0.6) is 11.5 Å². The maximum atomic E-state index is 12.5. The smallest absolute Gasteiger partial charge is 0.266 e. The first-order valence-electron chi connectivity index (χ1n) is 9.27. The van der Waals surface area contributed by atoms with Crippen molar-refractivity contribution >= 4 is 40.3 Å². The molecule has 2 aromatic carbocycles. The molecule has 0 unspecified atom stereocenters. The van der Waals surface area contributed by atoms with E-state index in [2.05, 4.69) is 12.6 Å². The van der Waals surface area contributed by atoms with Gasteiger partial charge in [-0.05, 0) is 43.2 Å². The summed E-state index contributed by atoms with van der Waals surface area (Å²) in [5.74, 6) is 1.46. The molecule has 0 aromatic heterocycles. The van der Waals surface area contributed by atoms with E-state index in [0.29, 0.717) is 34.7 Å². The van der Waals surface area contributed by atoms with Crippen LogP contribution in [0.25, 0.3) is 6.08 Å². The SMILES string of the molecule is C=CCN1C(=O)/C(=C/c2ccccc2OCCOc2cc(C)ccc2C)SC1=S. The lowest BCUT2D eigenvalue weighted by molar-refractivity contribution is -0.121. The molecule has 1 saturated heterocycles. The number of nitrogens with zero attached hydrogens (tertiary/aromatic N) is 1. The van der Waals surface area contributed by atoms with Gasteiger partial charge in [-0.2, -0.15) is 0 Å². The van der Waals surface area contributed by atoms with Crippen LogP contribution in [0.2, 0.25) is 0 Å². The van der Waals surface area contributed by atoms with Gasteiger partial charge in [-0.3, -0.25) is 9.69 Å². The van der Waals surface area contributed by atoms with Crippen molar-refractivity contribution in [1.29, 1.82) is 0 Å². The molecule has 0 N–H and O–H groups in total. The molecule has 1 aliphatic rings. The van der Waals surface area contributed by atoms with E-state index in [9.17, 15) is 4.79 Å². The fourth-order valence-corrected chi connectivity index (χ4v) is 4.09. The highest BCUT2D eigenvalue weighted by molar-refractivity contribution is 8.26. The van der Waals surface area contributed by atoms with Crippen molar-refractivity contribution in [3.05, 3.63) is 76.7 Å². The maximum absolute atomic E-state index is 12.5. The van der Waals surface area contributed by atoms with E-state index in [0.717, 1.165) is 22.4 Å². The lowest BCUT2D eigenvalue weighted by Crippen LogP contribution is -2.27. The predicted molar refractivity (Wildman–Crippen MR) is 123 cm³/mol. The zero-order chi connectivity index (χ0) is 20.8. The molecule has 4 nitrogen and oxygen atoms in total. The van der Waals surface area contributed by atoms with Crippen LogP contribution < -0.4 is 9.47 Å². The van der Waals surface area contributed by atoms with Crippen molar-refractivity contribution in [2.75, 3.05) is 19.8 Å². The normalized spacial score (nSPS) is 15.1. The van der Waals surface area contributed by atoms with Gasteiger partial charge < -0.3 is 9.47 Å². The van der Waals surface area contributed by atoms with Gasteiger partial charge >= 0.3 is 0 Å². The number of hydrogen-bond acceptors (Lipinski definition) is 5. The third kappa shape index (κ3) is 5.28. The van der Waals surface area contributed by atoms with Gasteiger partial charge in [0.15, 0.2) is 0 Å². The summed E-state index contributed by atoms with van der Waals surface area (Å²) in [6, 6.07) is 13.7. The number of hydrogen-bond donors (Lipinski definition) is 0. The Hall–Kier alpha value is -2.57. The molecule has 1 fully saturated rings. The van der Waals surface area contributed by atoms with Crippen LogP contribution >= 0.6 is 24.0 Å². The lowest BCUT2D eigenvalue weighted by atomic mass is 10.1. The second-order valence-corrected chi connectivity index (χ2v) is 8.26. The number of ether oxygens (including phenoxy) is 2. The van der Waals surface area contributed by atoms with Gasteiger partial charge in [0.05, 0.1) is 4.91 Å². The van der Waals surface area contributed by atoms with Crippen LogP contribution in [0.3, 0.4) is 0 Å². The van der Waals surface area contributed by atoms with Crippen molar-refractivity contribution in [2.45, 2.75) is 13.8 Å². The summed E-state index contributed by atoms with van der Waals surface area (Å²) in [6.45, 7) is 8.98. The van der Waals surface area contributed by atoms with Gasteiger partial charge in [0.2, 0.25) is 0 Å². The Morgan fingerprint density at radius 1 is 1.10 bits per heavy atom. The molecule has 0 saturated carbocycles. The van der Waals surface area contributed by atoms with Crippen molar-refractivity contribution in [1.82, 2.24) is 4.90 Å². The molecule has 0 spiro atoms. The van der Waals surface area contributed by atoms with Gasteiger partial charge in [0, 0.05) is 12.1 Å². The van der Waals surface area contributed by atoms with Crippen molar-refractivity contribution in [3.63, 3.8) is 0 Å². The van der Waals surface area contributed by atoms with E-state index in [1.165, 1.54) is 11.8 Å². The summed E-state index contributed by atoms with van der Waals surface area (Å²) in [4.78, 5) is 14.7. The molecule has 0 bridgehead atoms. The molecule has 1 heterocycles. The fraction of sp³-hybridized carbons (Fsp3) is 0.217. The molecule has 0 aliphatic carbocycles. The van der Waals surface area contributed by atoms with Crippen molar-refractivity contribution in [2.24, 2.45) is 0 Å². The molecule has 29 heavy (non-hydrogen) atoms. The standard InChI is InChI=1S/C23H23NO3S2/c1-4-11-24-22(25)21(29-23(24)28)15-18-7-5-6-8-19(18)26-12-13-27-20-14-16(2)9-10-17(20)3/h4-10,14-15H,1,11-13H2,2-3H3/b21-15-. The number of amides is 1. The van der Waals surface area contributed by atoms with Crippen LogP contribution in [0.15, 0.2) is 60.0 Å². The van der Waals surface area contributed by atoms with Gasteiger partial charge in [-0.1, -0.05) is 60.4 Å². The predicted octanol–water partition coefficient (Wildman–Crippen LogP) is 5.15. The van der Waals surface area contributed by atoms with E-state index in [1.807, 2.05) is 56.3 Å². The molecule has 150 valence electrons. The average molecular weight is 426 g/mol. The summed E-state index contributed by atoms with van der Waals surface area (Å²) in [5.41, 5.74) is 3.08. The first kappa shape index (κ1) is 21.1. The Bertz CT molecular complexity index is 968. The highest BCUT2D eigenvalue weighted by Gasteiger charge is 2.31. The topological polar surface area (TPSA) is 38.8 Å². The molecule has 6 heteroatoms. The number of thioether (sulfide) groups is 1. The third-order valence-electron chi connectivity index (χ3n) is 4.33. The molecule has 0 atom stereocenters. The molecular formula is C23H23NO3S2. The van der Waals surface area contributed by atoms with Gasteiger partial charge in [0.1, 0.15) is 29.0 Å². The third-order valence-corrected chi connectivity index (χ3v) is 5.71. The lowest BCUT2D eigenvalue weighted by Gasteiger charge is -2.12. The zero-order valence-electron chi connectivity index (χ0n) is 16.5. The number of thiocarbonyl (C=S) groups is 1. The average Bonchev–Trinajstić information content (AvgIpc) is 2.96. The Morgan fingerprint density at radius 2 is 1.83 bits per heavy atom. The summed E-state index contributed by atoms with van der Waals surface area (Å²) in [6.07, 6.45) is 3.49. The minimum absolute atomic E-state index is 0.104. The minimum atomic E-state index is -0.104. The van der Waals surface area contributed by atoms with E-state index in [4.69, 9.17) is 21.7 Å². The van der Waals surface area contributed by atoms with Crippen LogP contribution in [0, 0.1) is 13.8 Å². The second-order valence-electron chi connectivity index (χ2n) is 6.58. The van der Waals surface area contributed by atoms with E-state index >= 15 is 0 Å². The molecular weight excluding hydrogens is 402 g/mol. The Kier molecular flexibility index (Phi) is 7.12. The van der Waals surface area contributed by atoms with Gasteiger partial charge in [-0.25, -0.2) is 0 Å². The molecule has 1 aliphatic heterocycles. The Balaban J connectivity index is 1.65. The molecule has 2 aromatic rings. The number of benzene rings is 2. The summed E-state index contributed by atoms with van der Waals surface area (Å²) < 4.78 is 12.3. The van der Waals surface area contributed by atoms with Crippen LogP contribution in [-0.2, 0) is 4.79 Å². The summed E-state index contributed by atoms with van der Waals surface area (Å²) in [5, 5.41) is 0. The quantitative estimate of drug-likeness (QED) is 0.253. The summed E-state index contributed by atoms with van der Waals surface area (Å²) in [7, 11) is 0. The number of rotatable bonds is 8. The number of aryl methyl sites for hydroxylation is 2. The first-order chi connectivity index (χ1) is 14.0.